The van der Waals surface area contributed by atoms with Crippen molar-refractivity contribution in [2.75, 3.05) is 6.54 Å². The monoisotopic (exact) mass is 211 g/mol. The minimum absolute atomic E-state index is 0.645. The second-order valence-corrected chi connectivity index (χ2v) is 6.65. The van der Waals surface area contributed by atoms with E-state index in [1.807, 2.05) is 0 Å². The van der Waals surface area contributed by atoms with Crippen LogP contribution in [0, 0.1) is 17.3 Å². The summed E-state index contributed by atoms with van der Waals surface area (Å²) in [7, 11) is 0. The molecule has 0 saturated heterocycles. The van der Waals surface area contributed by atoms with Gasteiger partial charge in [-0.2, -0.15) is 0 Å². The van der Waals surface area contributed by atoms with E-state index in [1.165, 1.54) is 32.2 Å². The maximum Gasteiger partial charge on any atom is 0.00721 e. The zero-order chi connectivity index (χ0) is 11.5. The highest BCUT2D eigenvalue weighted by Crippen LogP contribution is 2.44. The van der Waals surface area contributed by atoms with E-state index in [2.05, 4.69) is 39.9 Å². The Balaban J connectivity index is 2.27. The Hall–Kier alpha value is -0.0400. The van der Waals surface area contributed by atoms with Gasteiger partial charge in [0.15, 0.2) is 0 Å². The molecular weight excluding hydrogens is 182 g/mol. The van der Waals surface area contributed by atoms with Crippen LogP contribution in [0.1, 0.15) is 60.3 Å². The van der Waals surface area contributed by atoms with Crippen LogP contribution in [0.5, 0.6) is 0 Å². The molecule has 0 amide bonds. The molecule has 1 rings (SSSR count). The molecule has 1 aliphatic carbocycles. The maximum atomic E-state index is 3.78. The number of hydrogen-bond acceptors (Lipinski definition) is 1. The Kier molecular flexibility index (Phi) is 4.64. The van der Waals surface area contributed by atoms with Crippen molar-refractivity contribution < 1.29 is 0 Å². The quantitative estimate of drug-likeness (QED) is 0.674. The summed E-state index contributed by atoms with van der Waals surface area (Å²) in [5.41, 5.74) is 0.645. The van der Waals surface area contributed by atoms with Gasteiger partial charge in [-0.05, 0) is 42.9 Å². The fourth-order valence-electron chi connectivity index (χ4n) is 2.18. The predicted octanol–water partition coefficient (Wildman–Crippen LogP) is 3.84. The lowest BCUT2D eigenvalue weighted by Gasteiger charge is -2.24. The fourth-order valence-corrected chi connectivity index (χ4v) is 2.18. The van der Waals surface area contributed by atoms with Crippen LogP contribution in [-0.2, 0) is 0 Å². The molecule has 1 fully saturated rings. The van der Waals surface area contributed by atoms with Crippen molar-refractivity contribution in [3.8, 4) is 0 Å². The van der Waals surface area contributed by atoms with Crippen LogP contribution in [0.25, 0.3) is 0 Å². The SMILES string of the molecule is CC(C)CC(CC(C)C)NCC1(C)CC1. The first-order valence-electron chi connectivity index (χ1n) is 6.65. The van der Waals surface area contributed by atoms with Gasteiger partial charge >= 0.3 is 0 Å². The molecule has 0 atom stereocenters. The highest BCUT2D eigenvalue weighted by Gasteiger charge is 2.37. The first-order chi connectivity index (χ1) is 6.91. The molecular formula is C14H29N. The Bertz CT molecular complexity index is 170. The van der Waals surface area contributed by atoms with E-state index >= 15 is 0 Å². The van der Waals surface area contributed by atoms with Gasteiger partial charge in [0.25, 0.3) is 0 Å². The summed E-state index contributed by atoms with van der Waals surface area (Å²) < 4.78 is 0. The number of nitrogens with one attached hydrogen (secondary N) is 1. The van der Waals surface area contributed by atoms with Gasteiger partial charge in [-0.1, -0.05) is 34.6 Å². The lowest BCUT2D eigenvalue weighted by molar-refractivity contribution is 0.336. The van der Waals surface area contributed by atoms with Crippen molar-refractivity contribution in [2.24, 2.45) is 17.3 Å². The van der Waals surface area contributed by atoms with Crippen LogP contribution in [0.3, 0.4) is 0 Å². The Morgan fingerprint density at radius 1 is 1.00 bits per heavy atom. The normalized spacial score (nSPS) is 19.2. The second-order valence-electron chi connectivity index (χ2n) is 6.65. The van der Waals surface area contributed by atoms with Crippen molar-refractivity contribution in [3.05, 3.63) is 0 Å². The molecule has 1 saturated carbocycles. The van der Waals surface area contributed by atoms with E-state index in [9.17, 15) is 0 Å². The first-order valence-corrected chi connectivity index (χ1v) is 6.65. The molecule has 0 spiro atoms. The summed E-state index contributed by atoms with van der Waals surface area (Å²) in [6.07, 6.45) is 5.51. The van der Waals surface area contributed by atoms with Gasteiger partial charge in [-0.15, -0.1) is 0 Å². The van der Waals surface area contributed by atoms with Crippen molar-refractivity contribution in [1.29, 1.82) is 0 Å². The van der Waals surface area contributed by atoms with Gasteiger partial charge in [-0.3, -0.25) is 0 Å². The molecule has 1 aliphatic rings. The summed E-state index contributed by atoms with van der Waals surface area (Å²) in [5, 5.41) is 3.78. The minimum Gasteiger partial charge on any atom is -0.313 e. The third-order valence-corrected chi connectivity index (χ3v) is 3.43. The molecule has 0 aromatic heterocycles. The smallest absolute Gasteiger partial charge is 0.00721 e. The summed E-state index contributed by atoms with van der Waals surface area (Å²) in [4.78, 5) is 0. The molecule has 0 heterocycles. The van der Waals surface area contributed by atoms with Gasteiger partial charge in [-0.25, -0.2) is 0 Å². The van der Waals surface area contributed by atoms with Gasteiger partial charge < -0.3 is 5.32 Å². The largest absolute Gasteiger partial charge is 0.313 e. The standard InChI is InChI=1S/C14H29N/c1-11(2)8-13(9-12(3)4)15-10-14(5)6-7-14/h11-13,15H,6-10H2,1-5H3. The molecule has 1 heteroatoms. The van der Waals surface area contributed by atoms with E-state index in [-0.39, 0.29) is 0 Å². The number of rotatable bonds is 7. The third-order valence-electron chi connectivity index (χ3n) is 3.43. The summed E-state index contributed by atoms with van der Waals surface area (Å²) in [6.45, 7) is 12.9. The molecule has 0 radical (unpaired) electrons. The van der Waals surface area contributed by atoms with Crippen LogP contribution < -0.4 is 5.32 Å². The minimum atomic E-state index is 0.645. The summed E-state index contributed by atoms with van der Waals surface area (Å²) in [5.74, 6) is 1.63. The highest BCUT2D eigenvalue weighted by molar-refractivity contribution is 4.91. The van der Waals surface area contributed by atoms with Gasteiger partial charge in [0.2, 0.25) is 0 Å². The molecule has 0 aliphatic heterocycles. The predicted molar refractivity (Wildman–Crippen MR) is 68.0 cm³/mol. The average molecular weight is 211 g/mol. The van der Waals surface area contributed by atoms with Crippen LogP contribution >= 0.6 is 0 Å². The van der Waals surface area contributed by atoms with E-state index in [0.29, 0.717) is 5.41 Å². The summed E-state index contributed by atoms with van der Waals surface area (Å²) in [6, 6.07) is 0.738. The molecule has 0 aromatic rings. The van der Waals surface area contributed by atoms with Crippen LogP contribution in [0.15, 0.2) is 0 Å². The van der Waals surface area contributed by atoms with E-state index in [4.69, 9.17) is 0 Å². The lowest BCUT2D eigenvalue weighted by atomic mass is 9.95. The van der Waals surface area contributed by atoms with Gasteiger partial charge in [0.1, 0.15) is 0 Å². The zero-order valence-electron chi connectivity index (χ0n) is 11.3. The lowest BCUT2D eigenvalue weighted by Crippen LogP contribution is -2.35. The Morgan fingerprint density at radius 2 is 1.47 bits per heavy atom. The third kappa shape index (κ3) is 5.55. The second kappa shape index (κ2) is 5.34. The molecule has 1 nitrogen and oxygen atoms in total. The Morgan fingerprint density at radius 3 is 1.80 bits per heavy atom. The molecule has 0 unspecified atom stereocenters. The van der Waals surface area contributed by atoms with E-state index in [0.717, 1.165) is 17.9 Å². The Labute approximate surface area is 96.0 Å². The number of hydrogen-bond donors (Lipinski definition) is 1. The maximum absolute atomic E-state index is 3.78. The van der Waals surface area contributed by atoms with Crippen molar-refractivity contribution in [1.82, 2.24) is 5.32 Å². The van der Waals surface area contributed by atoms with E-state index in [1.54, 1.807) is 0 Å². The average Bonchev–Trinajstić information content (AvgIpc) is 2.79. The molecule has 90 valence electrons. The van der Waals surface area contributed by atoms with Crippen molar-refractivity contribution >= 4 is 0 Å². The molecule has 0 bridgehead atoms. The fraction of sp³-hybridized carbons (Fsp3) is 1.00. The van der Waals surface area contributed by atoms with Crippen LogP contribution in [0.4, 0.5) is 0 Å². The molecule has 15 heavy (non-hydrogen) atoms. The molecule has 0 aromatic carbocycles. The van der Waals surface area contributed by atoms with Gasteiger partial charge in [0, 0.05) is 12.6 Å². The van der Waals surface area contributed by atoms with Crippen molar-refractivity contribution in [3.63, 3.8) is 0 Å². The highest BCUT2D eigenvalue weighted by atomic mass is 14.9. The van der Waals surface area contributed by atoms with Gasteiger partial charge in [0.05, 0.1) is 0 Å². The summed E-state index contributed by atoms with van der Waals surface area (Å²) >= 11 is 0. The van der Waals surface area contributed by atoms with Crippen LogP contribution in [-0.4, -0.2) is 12.6 Å². The topological polar surface area (TPSA) is 12.0 Å². The zero-order valence-corrected chi connectivity index (χ0v) is 11.3. The molecule has 1 N–H and O–H groups in total. The first kappa shape index (κ1) is 13.0. The van der Waals surface area contributed by atoms with Crippen LogP contribution in [0.2, 0.25) is 0 Å². The van der Waals surface area contributed by atoms with E-state index < -0.39 is 0 Å². The van der Waals surface area contributed by atoms with Crippen molar-refractivity contribution in [2.45, 2.75) is 66.3 Å².